The standard InChI is InChI=1S/C12H20AsN2O2S/c1-13(2)8-9-15(3)12-7-5-6-11(10-12)14-18(4,16)17/h5,7,10,14H,8-9H2,1-4H3. The molecule has 0 heterocycles. The summed E-state index contributed by atoms with van der Waals surface area (Å²) in [5, 5.41) is 1.25. The number of sulfonamides is 1. The molecule has 101 valence electrons. The van der Waals surface area contributed by atoms with E-state index < -0.39 is 24.7 Å². The number of hydrogen-bond acceptors (Lipinski definition) is 3. The molecule has 4 nitrogen and oxygen atoms in total. The predicted molar refractivity (Wildman–Crippen MR) is 79.3 cm³/mol. The molecule has 6 heteroatoms. The van der Waals surface area contributed by atoms with E-state index >= 15 is 0 Å². The van der Waals surface area contributed by atoms with Gasteiger partial charge in [-0.1, -0.05) is 0 Å². The Morgan fingerprint density at radius 3 is 2.67 bits per heavy atom. The average molecular weight is 331 g/mol. The minimum absolute atomic E-state index is 0.490. The van der Waals surface area contributed by atoms with Gasteiger partial charge in [-0.3, -0.25) is 0 Å². The van der Waals surface area contributed by atoms with E-state index in [1.54, 1.807) is 6.07 Å². The molecule has 0 aromatic heterocycles. The van der Waals surface area contributed by atoms with Gasteiger partial charge in [0.1, 0.15) is 0 Å². The van der Waals surface area contributed by atoms with Crippen molar-refractivity contribution in [2.75, 3.05) is 29.5 Å². The van der Waals surface area contributed by atoms with Gasteiger partial charge in [0.2, 0.25) is 0 Å². The van der Waals surface area contributed by atoms with Gasteiger partial charge in [-0.15, -0.1) is 0 Å². The van der Waals surface area contributed by atoms with Gasteiger partial charge in [-0.2, -0.15) is 0 Å². The Morgan fingerprint density at radius 2 is 2.11 bits per heavy atom. The van der Waals surface area contributed by atoms with Crippen LogP contribution in [0.15, 0.2) is 18.2 Å². The normalized spacial score (nSPS) is 11.6. The molecule has 0 aliphatic heterocycles. The Hall–Kier alpha value is -0.672. The Kier molecular flexibility index (Phi) is 5.54. The summed E-state index contributed by atoms with van der Waals surface area (Å²) in [6.07, 6.45) is 1.14. The summed E-state index contributed by atoms with van der Waals surface area (Å²) >= 11 is -0.619. The van der Waals surface area contributed by atoms with Crippen molar-refractivity contribution in [2.24, 2.45) is 0 Å². The number of hydrogen-bond donors (Lipinski definition) is 1. The minimum atomic E-state index is -3.24. The van der Waals surface area contributed by atoms with Gasteiger partial charge in [-0.25, -0.2) is 0 Å². The van der Waals surface area contributed by atoms with Crippen LogP contribution in [0.3, 0.4) is 0 Å². The Bertz CT molecular complexity index is 489. The maximum atomic E-state index is 11.2. The van der Waals surface area contributed by atoms with Gasteiger partial charge in [0.05, 0.1) is 0 Å². The van der Waals surface area contributed by atoms with Crippen LogP contribution in [0.25, 0.3) is 0 Å². The molecule has 0 fully saturated rings. The topological polar surface area (TPSA) is 49.4 Å². The molecule has 0 bridgehead atoms. The fourth-order valence-corrected chi connectivity index (χ4v) is 3.42. The number of benzene rings is 1. The van der Waals surface area contributed by atoms with Crippen LogP contribution < -0.4 is 9.62 Å². The van der Waals surface area contributed by atoms with Crippen molar-refractivity contribution in [1.29, 1.82) is 0 Å². The van der Waals surface area contributed by atoms with Crippen molar-refractivity contribution in [1.82, 2.24) is 0 Å². The summed E-state index contributed by atoms with van der Waals surface area (Å²) in [6, 6.07) is 8.37. The molecule has 1 aromatic carbocycles. The van der Waals surface area contributed by atoms with E-state index in [1.807, 2.05) is 19.2 Å². The van der Waals surface area contributed by atoms with E-state index in [0.717, 1.165) is 18.5 Å². The van der Waals surface area contributed by atoms with Crippen LogP contribution in [0, 0.1) is 6.07 Å². The summed E-state index contributed by atoms with van der Waals surface area (Å²) in [6.45, 7) is 1.01. The summed E-state index contributed by atoms with van der Waals surface area (Å²) < 4.78 is 24.8. The third-order valence-electron chi connectivity index (χ3n) is 2.40. The Labute approximate surface area is 115 Å². The molecule has 18 heavy (non-hydrogen) atoms. The quantitative estimate of drug-likeness (QED) is 0.812. The SMILES string of the molecule is CN(CC[As](C)C)c1cc[c]c(NS(C)(=O)=O)c1. The summed E-state index contributed by atoms with van der Waals surface area (Å²) in [4.78, 5) is 2.15. The molecule has 1 aromatic rings. The Balaban J connectivity index is 2.75. The van der Waals surface area contributed by atoms with Gasteiger partial charge in [0.25, 0.3) is 0 Å². The van der Waals surface area contributed by atoms with E-state index in [4.69, 9.17) is 0 Å². The summed E-state index contributed by atoms with van der Waals surface area (Å²) in [5.41, 5.74) is 6.16. The molecule has 1 radical (unpaired) electrons. The fourth-order valence-electron chi connectivity index (χ4n) is 1.43. The molecule has 0 unspecified atom stereocenters. The van der Waals surface area contributed by atoms with Gasteiger partial charge in [-0.05, 0) is 0 Å². The van der Waals surface area contributed by atoms with Crippen molar-refractivity contribution in [3.63, 3.8) is 0 Å². The van der Waals surface area contributed by atoms with Crippen LogP contribution in [-0.2, 0) is 10.0 Å². The molecular formula is C12H20AsN2O2S. The second-order valence-electron chi connectivity index (χ2n) is 4.56. The molecule has 0 amide bonds. The average Bonchev–Trinajstić information content (AvgIpc) is 2.23. The van der Waals surface area contributed by atoms with Crippen LogP contribution in [0.2, 0.25) is 16.6 Å². The predicted octanol–water partition coefficient (Wildman–Crippen LogP) is 2.05. The fraction of sp³-hybridized carbons (Fsp3) is 0.500. The summed E-state index contributed by atoms with van der Waals surface area (Å²) in [7, 11) is -1.21. The number of anilines is 2. The third-order valence-corrected chi connectivity index (χ3v) is 5.29. The molecule has 0 saturated carbocycles. The van der Waals surface area contributed by atoms with Crippen LogP contribution in [0.1, 0.15) is 0 Å². The van der Waals surface area contributed by atoms with Gasteiger partial charge >= 0.3 is 115 Å². The second kappa shape index (κ2) is 6.48. The van der Waals surface area contributed by atoms with E-state index in [9.17, 15) is 8.42 Å². The first-order chi connectivity index (χ1) is 8.28. The molecule has 0 saturated heterocycles. The van der Waals surface area contributed by atoms with Gasteiger partial charge < -0.3 is 0 Å². The number of nitrogens with zero attached hydrogens (tertiary/aromatic N) is 1. The van der Waals surface area contributed by atoms with Crippen molar-refractivity contribution >= 4 is 36.0 Å². The van der Waals surface area contributed by atoms with Gasteiger partial charge in [0.15, 0.2) is 0 Å². The Morgan fingerprint density at radius 1 is 1.44 bits per heavy atom. The molecule has 1 rings (SSSR count). The number of rotatable bonds is 6. The zero-order valence-corrected chi connectivity index (χ0v) is 14.0. The molecule has 0 aliphatic rings. The monoisotopic (exact) mass is 331 g/mol. The first-order valence-corrected chi connectivity index (χ1v) is 12.6. The van der Waals surface area contributed by atoms with Crippen LogP contribution in [0.5, 0.6) is 0 Å². The molecule has 0 atom stereocenters. The van der Waals surface area contributed by atoms with Crippen LogP contribution in [-0.4, -0.2) is 42.9 Å². The third kappa shape index (κ3) is 5.78. The summed E-state index contributed by atoms with van der Waals surface area (Å²) in [5.74, 6) is 0. The van der Waals surface area contributed by atoms with E-state index in [0.29, 0.717) is 5.69 Å². The first kappa shape index (κ1) is 15.4. The molecule has 1 N–H and O–H groups in total. The maximum absolute atomic E-state index is 11.2. The zero-order valence-electron chi connectivity index (χ0n) is 11.3. The van der Waals surface area contributed by atoms with Crippen molar-refractivity contribution in [2.45, 2.75) is 16.6 Å². The van der Waals surface area contributed by atoms with Crippen molar-refractivity contribution in [3.05, 3.63) is 24.3 Å². The van der Waals surface area contributed by atoms with E-state index in [1.165, 1.54) is 5.21 Å². The van der Waals surface area contributed by atoms with Crippen LogP contribution >= 0.6 is 0 Å². The van der Waals surface area contributed by atoms with Crippen molar-refractivity contribution < 1.29 is 8.42 Å². The molecule has 0 aliphatic carbocycles. The molecule has 0 spiro atoms. The van der Waals surface area contributed by atoms with E-state index in [2.05, 4.69) is 27.1 Å². The van der Waals surface area contributed by atoms with E-state index in [-0.39, 0.29) is 0 Å². The second-order valence-corrected chi connectivity index (χ2v) is 11.8. The molecular weight excluding hydrogens is 311 g/mol. The first-order valence-electron chi connectivity index (χ1n) is 5.63. The zero-order chi connectivity index (χ0) is 13.8. The number of nitrogens with one attached hydrogen (secondary N) is 1. The van der Waals surface area contributed by atoms with Crippen molar-refractivity contribution in [3.8, 4) is 0 Å². The van der Waals surface area contributed by atoms with Crippen LogP contribution in [0.4, 0.5) is 11.4 Å². The van der Waals surface area contributed by atoms with Gasteiger partial charge in [0, 0.05) is 0 Å².